The predicted octanol–water partition coefficient (Wildman–Crippen LogP) is -0.138. The molecule has 8 heteroatoms. The number of carbonyl (C=O) groups is 1. The number of hydrazone groups is 1. The highest BCUT2D eigenvalue weighted by molar-refractivity contribution is 5.97. The van der Waals surface area contributed by atoms with Crippen LogP contribution in [0.25, 0.3) is 0 Å². The molecule has 1 aromatic carbocycles. The second-order valence-electron chi connectivity index (χ2n) is 4.92. The lowest BCUT2D eigenvalue weighted by atomic mass is 10.2. The van der Waals surface area contributed by atoms with Crippen molar-refractivity contribution in [2.45, 2.75) is 6.92 Å². The third-order valence-corrected chi connectivity index (χ3v) is 3.51. The number of phenols is 1. The fourth-order valence-corrected chi connectivity index (χ4v) is 2.00. The number of para-hydroxylation sites is 1. The SMILES string of the molecule is Cc1c(C=NNC(=O)c2ccccc2O)c(=O)n(C)c(=O)n1C. The van der Waals surface area contributed by atoms with Crippen molar-refractivity contribution in [2.75, 3.05) is 0 Å². The Labute approximate surface area is 131 Å². The van der Waals surface area contributed by atoms with Crippen molar-refractivity contribution in [1.82, 2.24) is 14.6 Å². The largest absolute Gasteiger partial charge is 0.507 e. The predicted molar refractivity (Wildman–Crippen MR) is 84.8 cm³/mol. The molecular formula is C15H16N4O4. The molecule has 2 N–H and O–H groups in total. The van der Waals surface area contributed by atoms with Crippen LogP contribution in [-0.2, 0) is 14.1 Å². The minimum absolute atomic E-state index is 0.0646. The van der Waals surface area contributed by atoms with Gasteiger partial charge >= 0.3 is 5.69 Å². The summed E-state index contributed by atoms with van der Waals surface area (Å²) in [5, 5.41) is 13.3. The zero-order chi connectivity index (χ0) is 17.1. The van der Waals surface area contributed by atoms with Gasteiger partial charge in [-0.15, -0.1) is 0 Å². The average Bonchev–Trinajstić information content (AvgIpc) is 2.54. The Morgan fingerprint density at radius 3 is 2.52 bits per heavy atom. The summed E-state index contributed by atoms with van der Waals surface area (Å²) in [5.41, 5.74) is 1.96. The van der Waals surface area contributed by atoms with Crippen molar-refractivity contribution in [3.63, 3.8) is 0 Å². The van der Waals surface area contributed by atoms with Gasteiger partial charge in [0.1, 0.15) is 5.75 Å². The van der Waals surface area contributed by atoms with E-state index in [0.717, 1.165) is 4.57 Å². The Bertz CT molecular complexity index is 909. The number of hydrogen-bond donors (Lipinski definition) is 2. The molecule has 0 fully saturated rings. The van der Waals surface area contributed by atoms with Gasteiger partial charge in [-0.25, -0.2) is 10.2 Å². The van der Waals surface area contributed by atoms with E-state index in [1.165, 1.54) is 37.0 Å². The summed E-state index contributed by atoms with van der Waals surface area (Å²) in [4.78, 5) is 35.7. The number of aromatic hydroxyl groups is 1. The molecule has 8 nitrogen and oxygen atoms in total. The van der Waals surface area contributed by atoms with Gasteiger partial charge in [0, 0.05) is 19.8 Å². The van der Waals surface area contributed by atoms with Gasteiger partial charge in [-0.1, -0.05) is 12.1 Å². The van der Waals surface area contributed by atoms with E-state index in [9.17, 15) is 19.5 Å². The van der Waals surface area contributed by atoms with Gasteiger partial charge in [-0.2, -0.15) is 5.10 Å². The summed E-state index contributed by atoms with van der Waals surface area (Å²) in [5.74, 6) is -0.784. The number of aromatic nitrogens is 2. The second kappa shape index (κ2) is 6.30. The van der Waals surface area contributed by atoms with Crippen molar-refractivity contribution < 1.29 is 9.90 Å². The molecule has 1 heterocycles. The van der Waals surface area contributed by atoms with E-state index in [1.54, 1.807) is 19.1 Å². The minimum atomic E-state index is -0.612. The Morgan fingerprint density at radius 1 is 1.22 bits per heavy atom. The monoisotopic (exact) mass is 316 g/mol. The van der Waals surface area contributed by atoms with Crippen molar-refractivity contribution in [2.24, 2.45) is 19.2 Å². The maximum Gasteiger partial charge on any atom is 0.330 e. The minimum Gasteiger partial charge on any atom is -0.507 e. The molecule has 0 bridgehead atoms. The zero-order valence-corrected chi connectivity index (χ0v) is 12.9. The topological polar surface area (TPSA) is 106 Å². The summed E-state index contributed by atoms with van der Waals surface area (Å²) in [6, 6.07) is 6.01. The first kappa shape index (κ1) is 16.2. The van der Waals surface area contributed by atoms with Crippen LogP contribution in [0.4, 0.5) is 0 Å². The van der Waals surface area contributed by atoms with E-state index in [2.05, 4.69) is 10.5 Å². The molecule has 1 amide bonds. The summed E-state index contributed by atoms with van der Waals surface area (Å²) in [6.45, 7) is 1.61. The lowest BCUT2D eigenvalue weighted by Crippen LogP contribution is -2.40. The van der Waals surface area contributed by atoms with Gasteiger partial charge in [-0.05, 0) is 19.1 Å². The Hall–Kier alpha value is -3.16. The fraction of sp³-hybridized carbons (Fsp3) is 0.200. The molecule has 2 aromatic rings. The van der Waals surface area contributed by atoms with Crippen LogP contribution in [0.2, 0.25) is 0 Å². The number of benzene rings is 1. The van der Waals surface area contributed by atoms with Gasteiger partial charge < -0.3 is 9.67 Å². The van der Waals surface area contributed by atoms with Crippen LogP contribution in [0.5, 0.6) is 5.75 Å². The Balaban J connectivity index is 2.29. The maximum absolute atomic E-state index is 12.1. The molecule has 0 saturated carbocycles. The normalized spacial score (nSPS) is 10.9. The number of carbonyl (C=O) groups excluding carboxylic acids is 1. The molecule has 2 rings (SSSR count). The van der Waals surface area contributed by atoms with Gasteiger partial charge in [0.25, 0.3) is 11.5 Å². The van der Waals surface area contributed by atoms with Crippen molar-refractivity contribution in [3.8, 4) is 5.75 Å². The molecule has 0 saturated heterocycles. The van der Waals surface area contributed by atoms with Crippen LogP contribution in [0, 0.1) is 6.92 Å². The van der Waals surface area contributed by atoms with E-state index in [0.29, 0.717) is 5.69 Å². The first-order chi connectivity index (χ1) is 10.8. The summed E-state index contributed by atoms with van der Waals surface area (Å²) in [6.07, 6.45) is 1.18. The average molecular weight is 316 g/mol. The van der Waals surface area contributed by atoms with Crippen LogP contribution in [0.15, 0.2) is 39.0 Å². The molecule has 0 unspecified atom stereocenters. The van der Waals surface area contributed by atoms with Crippen LogP contribution in [-0.4, -0.2) is 26.4 Å². The van der Waals surface area contributed by atoms with Gasteiger partial charge in [0.2, 0.25) is 0 Å². The fourth-order valence-electron chi connectivity index (χ4n) is 2.00. The smallest absolute Gasteiger partial charge is 0.330 e. The molecule has 0 aliphatic heterocycles. The summed E-state index contributed by atoms with van der Waals surface area (Å²) in [7, 11) is 2.90. The van der Waals surface area contributed by atoms with Crippen molar-refractivity contribution in [3.05, 3.63) is 61.9 Å². The molecule has 0 spiro atoms. The molecule has 0 aliphatic rings. The number of amides is 1. The van der Waals surface area contributed by atoms with Gasteiger partial charge in [-0.3, -0.25) is 14.2 Å². The Kier molecular flexibility index (Phi) is 4.44. The first-order valence-electron chi connectivity index (χ1n) is 6.72. The first-order valence-corrected chi connectivity index (χ1v) is 6.72. The van der Waals surface area contributed by atoms with Crippen LogP contribution in [0.3, 0.4) is 0 Å². The van der Waals surface area contributed by atoms with Crippen LogP contribution in [0.1, 0.15) is 21.6 Å². The summed E-state index contributed by atoms with van der Waals surface area (Å²) >= 11 is 0. The molecule has 0 atom stereocenters. The molecular weight excluding hydrogens is 300 g/mol. The van der Waals surface area contributed by atoms with Gasteiger partial charge in [0.05, 0.1) is 17.3 Å². The lowest BCUT2D eigenvalue weighted by Gasteiger charge is -2.08. The van der Waals surface area contributed by atoms with E-state index >= 15 is 0 Å². The Morgan fingerprint density at radius 2 is 1.87 bits per heavy atom. The number of rotatable bonds is 3. The third-order valence-electron chi connectivity index (χ3n) is 3.51. The number of hydrogen-bond acceptors (Lipinski definition) is 5. The van der Waals surface area contributed by atoms with Crippen molar-refractivity contribution >= 4 is 12.1 Å². The number of phenolic OH excluding ortho intramolecular Hbond substituents is 1. The van der Waals surface area contributed by atoms with E-state index in [-0.39, 0.29) is 16.9 Å². The quantitative estimate of drug-likeness (QED) is 0.607. The molecule has 1 aromatic heterocycles. The maximum atomic E-state index is 12.1. The van der Waals surface area contributed by atoms with E-state index in [4.69, 9.17) is 0 Å². The second-order valence-corrected chi connectivity index (χ2v) is 4.92. The molecule has 0 aliphatic carbocycles. The van der Waals surface area contributed by atoms with E-state index in [1.807, 2.05) is 0 Å². The zero-order valence-electron chi connectivity index (χ0n) is 12.9. The van der Waals surface area contributed by atoms with Crippen LogP contribution < -0.4 is 16.7 Å². The standard InChI is InChI=1S/C15H16N4O4/c1-9-11(14(22)19(3)15(23)18(9)2)8-16-17-13(21)10-6-4-5-7-12(10)20/h4-8,20H,1-3H3,(H,17,21). The lowest BCUT2D eigenvalue weighted by molar-refractivity contribution is 0.0952. The van der Waals surface area contributed by atoms with Gasteiger partial charge in [0.15, 0.2) is 0 Å². The molecule has 0 radical (unpaired) electrons. The molecule has 23 heavy (non-hydrogen) atoms. The number of nitrogens with zero attached hydrogens (tertiary/aromatic N) is 3. The highest BCUT2D eigenvalue weighted by Crippen LogP contribution is 2.14. The van der Waals surface area contributed by atoms with Crippen LogP contribution >= 0.6 is 0 Å². The molecule has 120 valence electrons. The third kappa shape index (κ3) is 3.05. The van der Waals surface area contributed by atoms with Crippen molar-refractivity contribution in [1.29, 1.82) is 0 Å². The number of nitrogens with one attached hydrogen (secondary N) is 1. The van der Waals surface area contributed by atoms with E-state index < -0.39 is 17.2 Å². The highest BCUT2D eigenvalue weighted by Gasteiger charge is 2.11. The summed E-state index contributed by atoms with van der Waals surface area (Å²) < 4.78 is 2.27. The highest BCUT2D eigenvalue weighted by atomic mass is 16.3.